The minimum absolute atomic E-state index is 0.0898. The summed E-state index contributed by atoms with van der Waals surface area (Å²) in [6, 6.07) is 7.74. The number of rotatable bonds is 3. The number of aromatic nitrogens is 2. The second-order valence-corrected chi connectivity index (χ2v) is 4.20. The Morgan fingerprint density at radius 2 is 2.22 bits per heavy atom. The van der Waals surface area contributed by atoms with Crippen LogP contribution in [0.25, 0.3) is 11.0 Å². The minimum atomic E-state index is 0.0898. The van der Waals surface area contributed by atoms with E-state index in [-0.39, 0.29) is 6.10 Å². The van der Waals surface area contributed by atoms with Gasteiger partial charge in [-0.2, -0.15) is 0 Å². The summed E-state index contributed by atoms with van der Waals surface area (Å²) < 4.78 is 11.2. The van der Waals surface area contributed by atoms with Gasteiger partial charge in [0.2, 0.25) is 5.88 Å². The van der Waals surface area contributed by atoms with E-state index in [1.54, 1.807) is 6.20 Å². The van der Waals surface area contributed by atoms with Crippen LogP contribution in [0.2, 0.25) is 0 Å². The fourth-order valence-corrected chi connectivity index (χ4v) is 1.91. The van der Waals surface area contributed by atoms with Crippen molar-refractivity contribution >= 4 is 11.0 Å². The van der Waals surface area contributed by atoms with Crippen LogP contribution in [0.3, 0.4) is 0 Å². The normalized spacial score (nSPS) is 19.9. The highest BCUT2D eigenvalue weighted by molar-refractivity contribution is 5.73. The number of hydrogen-bond donors (Lipinski definition) is 1. The third-order valence-corrected chi connectivity index (χ3v) is 2.85. The van der Waals surface area contributed by atoms with Crippen molar-refractivity contribution in [3.63, 3.8) is 0 Å². The lowest BCUT2D eigenvalue weighted by Crippen LogP contribution is -2.41. The highest BCUT2D eigenvalue weighted by Gasteiger charge is 2.14. The standard InChI is InChI=1S/C13H15N3O2/c1-2-4-12-11(3-1)15-8-13(16-12)18-9-10-7-14-5-6-17-10/h1-4,8,10,14H,5-7,9H2. The molecule has 2 aromatic rings. The Bertz CT molecular complexity index is 526. The molecule has 1 aromatic heterocycles. The molecule has 5 nitrogen and oxygen atoms in total. The number of benzene rings is 1. The van der Waals surface area contributed by atoms with E-state index in [1.807, 2.05) is 24.3 Å². The molecule has 0 aliphatic carbocycles. The summed E-state index contributed by atoms with van der Waals surface area (Å²) in [6.45, 7) is 2.96. The fourth-order valence-electron chi connectivity index (χ4n) is 1.91. The largest absolute Gasteiger partial charge is 0.474 e. The molecule has 1 atom stereocenters. The number of para-hydroxylation sites is 2. The van der Waals surface area contributed by atoms with Crippen LogP contribution in [0.4, 0.5) is 0 Å². The Morgan fingerprint density at radius 1 is 1.33 bits per heavy atom. The molecule has 0 saturated carbocycles. The molecular formula is C13H15N3O2. The van der Waals surface area contributed by atoms with Crippen molar-refractivity contribution in [2.24, 2.45) is 0 Å². The van der Waals surface area contributed by atoms with Gasteiger partial charge in [-0.3, -0.25) is 0 Å². The van der Waals surface area contributed by atoms with Gasteiger partial charge in [-0.25, -0.2) is 9.97 Å². The number of morpholine rings is 1. The van der Waals surface area contributed by atoms with E-state index in [2.05, 4.69) is 15.3 Å². The van der Waals surface area contributed by atoms with Gasteiger partial charge in [0.1, 0.15) is 12.7 Å². The van der Waals surface area contributed by atoms with Crippen LogP contribution in [0.1, 0.15) is 0 Å². The molecule has 0 amide bonds. The lowest BCUT2D eigenvalue weighted by atomic mass is 10.3. The van der Waals surface area contributed by atoms with E-state index in [9.17, 15) is 0 Å². The van der Waals surface area contributed by atoms with Crippen LogP contribution in [0.5, 0.6) is 5.88 Å². The molecule has 2 heterocycles. The van der Waals surface area contributed by atoms with Crippen LogP contribution in [0, 0.1) is 0 Å². The van der Waals surface area contributed by atoms with E-state index < -0.39 is 0 Å². The molecule has 1 N–H and O–H groups in total. The lowest BCUT2D eigenvalue weighted by molar-refractivity contribution is -0.000746. The topological polar surface area (TPSA) is 56.3 Å². The molecule has 1 unspecified atom stereocenters. The summed E-state index contributed by atoms with van der Waals surface area (Å²) in [5.74, 6) is 0.544. The maximum Gasteiger partial charge on any atom is 0.232 e. The second kappa shape index (κ2) is 5.29. The predicted octanol–water partition coefficient (Wildman–Crippen LogP) is 0.997. The van der Waals surface area contributed by atoms with Crippen molar-refractivity contribution < 1.29 is 9.47 Å². The van der Waals surface area contributed by atoms with Crippen molar-refractivity contribution in [2.45, 2.75) is 6.10 Å². The molecule has 1 saturated heterocycles. The predicted molar refractivity (Wildman–Crippen MR) is 67.6 cm³/mol. The van der Waals surface area contributed by atoms with E-state index in [0.717, 1.165) is 30.7 Å². The summed E-state index contributed by atoms with van der Waals surface area (Å²) in [5, 5.41) is 3.26. The van der Waals surface area contributed by atoms with Crippen LogP contribution < -0.4 is 10.1 Å². The van der Waals surface area contributed by atoms with Gasteiger partial charge < -0.3 is 14.8 Å². The number of hydrogen-bond acceptors (Lipinski definition) is 5. The van der Waals surface area contributed by atoms with Gasteiger partial charge in [0, 0.05) is 13.1 Å². The Balaban J connectivity index is 1.66. The molecule has 1 aliphatic rings. The number of nitrogens with zero attached hydrogens (tertiary/aromatic N) is 2. The number of ether oxygens (including phenoxy) is 2. The van der Waals surface area contributed by atoms with Crippen LogP contribution >= 0.6 is 0 Å². The van der Waals surface area contributed by atoms with E-state index >= 15 is 0 Å². The van der Waals surface area contributed by atoms with E-state index in [4.69, 9.17) is 9.47 Å². The zero-order chi connectivity index (χ0) is 12.2. The molecule has 0 bridgehead atoms. The summed E-state index contributed by atoms with van der Waals surface area (Å²) in [7, 11) is 0. The Kier molecular flexibility index (Phi) is 3.34. The monoisotopic (exact) mass is 245 g/mol. The third-order valence-electron chi connectivity index (χ3n) is 2.85. The first-order valence-corrected chi connectivity index (χ1v) is 6.09. The smallest absolute Gasteiger partial charge is 0.232 e. The summed E-state index contributed by atoms with van der Waals surface area (Å²) in [4.78, 5) is 8.70. The molecule has 5 heteroatoms. The number of nitrogens with one attached hydrogen (secondary N) is 1. The zero-order valence-corrected chi connectivity index (χ0v) is 10.0. The summed E-state index contributed by atoms with van der Waals surface area (Å²) in [5.41, 5.74) is 1.72. The van der Waals surface area contributed by atoms with Crippen molar-refractivity contribution in [2.75, 3.05) is 26.3 Å². The van der Waals surface area contributed by atoms with Gasteiger partial charge in [0.15, 0.2) is 0 Å². The van der Waals surface area contributed by atoms with Gasteiger partial charge in [-0.05, 0) is 12.1 Å². The fraction of sp³-hybridized carbons (Fsp3) is 0.385. The van der Waals surface area contributed by atoms with Gasteiger partial charge in [-0.15, -0.1) is 0 Å². The van der Waals surface area contributed by atoms with Crippen LogP contribution in [0.15, 0.2) is 30.5 Å². The zero-order valence-electron chi connectivity index (χ0n) is 10.0. The molecular weight excluding hydrogens is 230 g/mol. The Morgan fingerprint density at radius 3 is 3.06 bits per heavy atom. The molecule has 0 spiro atoms. The molecule has 1 aromatic carbocycles. The molecule has 1 fully saturated rings. The lowest BCUT2D eigenvalue weighted by Gasteiger charge is -2.23. The second-order valence-electron chi connectivity index (χ2n) is 4.20. The minimum Gasteiger partial charge on any atom is -0.474 e. The molecule has 18 heavy (non-hydrogen) atoms. The first-order chi connectivity index (χ1) is 8.92. The molecule has 94 valence electrons. The average Bonchev–Trinajstić information content (AvgIpc) is 2.46. The summed E-state index contributed by atoms with van der Waals surface area (Å²) >= 11 is 0. The van der Waals surface area contributed by atoms with Crippen LogP contribution in [-0.4, -0.2) is 42.4 Å². The third kappa shape index (κ3) is 2.57. The number of fused-ring (bicyclic) bond motifs is 1. The Labute approximate surface area is 105 Å². The van der Waals surface area contributed by atoms with Crippen molar-refractivity contribution in [3.8, 4) is 5.88 Å². The van der Waals surface area contributed by atoms with Gasteiger partial charge in [-0.1, -0.05) is 12.1 Å². The SMILES string of the molecule is c1ccc2nc(OCC3CNCCO3)cnc2c1. The van der Waals surface area contributed by atoms with Gasteiger partial charge in [0.25, 0.3) is 0 Å². The average molecular weight is 245 g/mol. The van der Waals surface area contributed by atoms with E-state index in [0.29, 0.717) is 12.5 Å². The highest BCUT2D eigenvalue weighted by atomic mass is 16.5. The van der Waals surface area contributed by atoms with Crippen LogP contribution in [-0.2, 0) is 4.74 Å². The van der Waals surface area contributed by atoms with Crippen molar-refractivity contribution in [3.05, 3.63) is 30.5 Å². The molecule has 0 radical (unpaired) electrons. The van der Waals surface area contributed by atoms with Gasteiger partial charge in [0.05, 0.1) is 23.8 Å². The van der Waals surface area contributed by atoms with Gasteiger partial charge >= 0.3 is 0 Å². The maximum absolute atomic E-state index is 5.61. The molecule has 3 rings (SSSR count). The van der Waals surface area contributed by atoms with E-state index in [1.165, 1.54) is 0 Å². The summed E-state index contributed by atoms with van der Waals surface area (Å²) in [6.07, 6.45) is 1.74. The van der Waals surface area contributed by atoms with Crippen molar-refractivity contribution in [1.82, 2.24) is 15.3 Å². The molecule has 1 aliphatic heterocycles. The highest BCUT2D eigenvalue weighted by Crippen LogP contribution is 2.13. The van der Waals surface area contributed by atoms with Crippen molar-refractivity contribution in [1.29, 1.82) is 0 Å². The maximum atomic E-state index is 5.61. The Hall–Kier alpha value is -1.72. The first-order valence-electron chi connectivity index (χ1n) is 6.09. The first kappa shape index (κ1) is 11.4. The quantitative estimate of drug-likeness (QED) is 0.874.